The van der Waals surface area contributed by atoms with Crippen molar-refractivity contribution in [2.75, 3.05) is 0 Å². The van der Waals surface area contributed by atoms with E-state index in [-0.39, 0.29) is 5.78 Å². The van der Waals surface area contributed by atoms with E-state index >= 15 is 0 Å². The van der Waals surface area contributed by atoms with Gasteiger partial charge < -0.3 is 0 Å². The average Bonchev–Trinajstić information content (AvgIpc) is 2.74. The van der Waals surface area contributed by atoms with Crippen molar-refractivity contribution in [3.63, 3.8) is 0 Å². The van der Waals surface area contributed by atoms with Crippen molar-refractivity contribution in [3.8, 4) is 0 Å². The standard InChI is InChI=1S/C13H12OS/c1-9-5-3-6-11(10(9)2)13(14)12-7-4-8-15-12/h3-8H,1-2H3. The molecule has 0 radical (unpaired) electrons. The predicted octanol–water partition coefficient (Wildman–Crippen LogP) is 3.60. The summed E-state index contributed by atoms with van der Waals surface area (Å²) >= 11 is 1.49. The molecular weight excluding hydrogens is 204 g/mol. The highest BCUT2D eigenvalue weighted by molar-refractivity contribution is 7.12. The minimum absolute atomic E-state index is 0.131. The number of thiophene rings is 1. The van der Waals surface area contributed by atoms with Crippen LogP contribution in [-0.4, -0.2) is 5.78 Å². The number of carbonyl (C=O) groups is 1. The first-order chi connectivity index (χ1) is 7.20. The minimum atomic E-state index is 0.131. The van der Waals surface area contributed by atoms with Gasteiger partial charge in [-0.15, -0.1) is 11.3 Å². The highest BCUT2D eigenvalue weighted by Crippen LogP contribution is 2.19. The van der Waals surface area contributed by atoms with Crippen LogP contribution < -0.4 is 0 Å². The lowest BCUT2D eigenvalue weighted by Gasteiger charge is -2.05. The molecule has 0 aliphatic carbocycles. The maximum absolute atomic E-state index is 12.1. The average molecular weight is 216 g/mol. The lowest BCUT2D eigenvalue weighted by Crippen LogP contribution is -2.02. The monoisotopic (exact) mass is 216 g/mol. The van der Waals surface area contributed by atoms with Gasteiger partial charge in [-0.2, -0.15) is 0 Å². The third-order valence-electron chi connectivity index (χ3n) is 2.59. The number of benzene rings is 1. The summed E-state index contributed by atoms with van der Waals surface area (Å²) in [6.07, 6.45) is 0. The van der Waals surface area contributed by atoms with E-state index < -0.39 is 0 Å². The molecule has 0 aliphatic heterocycles. The largest absolute Gasteiger partial charge is 0.288 e. The fourth-order valence-electron chi connectivity index (χ4n) is 1.54. The van der Waals surface area contributed by atoms with Crippen LogP contribution in [-0.2, 0) is 0 Å². The van der Waals surface area contributed by atoms with E-state index in [2.05, 4.69) is 0 Å². The molecule has 0 fully saturated rings. The molecule has 2 rings (SSSR count). The van der Waals surface area contributed by atoms with Crippen LogP contribution in [0.25, 0.3) is 0 Å². The van der Waals surface area contributed by atoms with E-state index in [9.17, 15) is 4.79 Å². The zero-order chi connectivity index (χ0) is 10.8. The molecule has 0 atom stereocenters. The van der Waals surface area contributed by atoms with Crippen LogP contribution >= 0.6 is 11.3 Å². The Bertz CT molecular complexity index is 483. The first-order valence-electron chi connectivity index (χ1n) is 4.84. The van der Waals surface area contributed by atoms with Gasteiger partial charge in [-0.05, 0) is 36.4 Å². The number of hydrogen-bond donors (Lipinski definition) is 0. The van der Waals surface area contributed by atoms with Crippen LogP contribution in [0.15, 0.2) is 35.7 Å². The highest BCUT2D eigenvalue weighted by atomic mass is 32.1. The maximum Gasteiger partial charge on any atom is 0.203 e. The molecule has 0 N–H and O–H groups in total. The molecule has 1 nitrogen and oxygen atoms in total. The van der Waals surface area contributed by atoms with Gasteiger partial charge in [0.25, 0.3) is 0 Å². The Morgan fingerprint density at radius 2 is 1.93 bits per heavy atom. The third-order valence-corrected chi connectivity index (χ3v) is 3.46. The van der Waals surface area contributed by atoms with Crippen molar-refractivity contribution in [1.82, 2.24) is 0 Å². The molecule has 0 unspecified atom stereocenters. The molecular formula is C13H12OS. The van der Waals surface area contributed by atoms with E-state index in [0.29, 0.717) is 0 Å². The Morgan fingerprint density at radius 3 is 2.60 bits per heavy atom. The fourth-order valence-corrected chi connectivity index (χ4v) is 2.22. The van der Waals surface area contributed by atoms with Crippen molar-refractivity contribution in [2.24, 2.45) is 0 Å². The summed E-state index contributed by atoms with van der Waals surface area (Å²) in [7, 11) is 0. The molecule has 0 amide bonds. The number of aryl methyl sites for hydroxylation is 1. The Balaban J connectivity index is 2.47. The van der Waals surface area contributed by atoms with Crippen LogP contribution in [0.4, 0.5) is 0 Å². The number of rotatable bonds is 2. The number of hydrogen-bond acceptors (Lipinski definition) is 2. The molecule has 0 saturated heterocycles. The topological polar surface area (TPSA) is 17.1 Å². The van der Waals surface area contributed by atoms with Crippen LogP contribution in [0.2, 0.25) is 0 Å². The van der Waals surface area contributed by atoms with Gasteiger partial charge in [-0.3, -0.25) is 4.79 Å². The molecule has 0 spiro atoms. The molecule has 15 heavy (non-hydrogen) atoms. The van der Waals surface area contributed by atoms with Gasteiger partial charge in [-0.1, -0.05) is 24.3 Å². The summed E-state index contributed by atoms with van der Waals surface area (Å²) in [5.41, 5.74) is 3.06. The zero-order valence-electron chi connectivity index (χ0n) is 8.78. The summed E-state index contributed by atoms with van der Waals surface area (Å²) in [6.45, 7) is 4.02. The SMILES string of the molecule is Cc1cccc(C(=O)c2cccs2)c1C. The summed E-state index contributed by atoms with van der Waals surface area (Å²) in [5.74, 6) is 0.131. The van der Waals surface area contributed by atoms with E-state index in [4.69, 9.17) is 0 Å². The van der Waals surface area contributed by atoms with Crippen LogP contribution in [0.3, 0.4) is 0 Å². The number of ketones is 1. The van der Waals surface area contributed by atoms with Crippen molar-refractivity contribution in [3.05, 3.63) is 57.3 Å². The van der Waals surface area contributed by atoms with Crippen molar-refractivity contribution < 1.29 is 4.79 Å². The molecule has 1 heterocycles. The van der Waals surface area contributed by atoms with E-state index in [0.717, 1.165) is 21.6 Å². The van der Waals surface area contributed by atoms with Crippen LogP contribution in [0.5, 0.6) is 0 Å². The summed E-state index contributed by atoms with van der Waals surface area (Å²) < 4.78 is 0. The van der Waals surface area contributed by atoms with Gasteiger partial charge in [0.05, 0.1) is 4.88 Å². The van der Waals surface area contributed by atoms with E-state index in [1.165, 1.54) is 11.3 Å². The van der Waals surface area contributed by atoms with Gasteiger partial charge in [0.2, 0.25) is 5.78 Å². The first kappa shape index (κ1) is 10.1. The smallest absolute Gasteiger partial charge is 0.203 e. The molecule has 0 saturated carbocycles. The molecule has 1 aromatic carbocycles. The van der Waals surface area contributed by atoms with Crippen LogP contribution in [0, 0.1) is 13.8 Å². The molecule has 1 aromatic heterocycles. The minimum Gasteiger partial charge on any atom is -0.288 e. The summed E-state index contributed by atoms with van der Waals surface area (Å²) in [5, 5.41) is 1.93. The molecule has 0 aliphatic rings. The Kier molecular flexibility index (Phi) is 2.69. The van der Waals surface area contributed by atoms with Crippen molar-refractivity contribution >= 4 is 17.1 Å². The fraction of sp³-hybridized carbons (Fsp3) is 0.154. The normalized spacial score (nSPS) is 10.3. The highest BCUT2D eigenvalue weighted by Gasteiger charge is 2.12. The lowest BCUT2D eigenvalue weighted by atomic mass is 9.99. The maximum atomic E-state index is 12.1. The van der Waals surface area contributed by atoms with Crippen molar-refractivity contribution in [2.45, 2.75) is 13.8 Å². The quantitative estimate of drug-likeness (QED) is 0.701. The molecule has 2 aromatic rings. The summed E-state index contributed by atoms with van der Waals surface area (Å²) in [6, 6.07) is 9.63. The molecule has 76 valence electrons. The lowest BCUT2D eigenvalue weighted by molar-refractivity contribution is 0.104. The van der Waals surface area contributed by atoms with Gasteiger partial charge in [0.15, 0.2) is 0 Å². The predicted molar refractivity (Wildman–Crippen MR) is 63.7 cm³/mol. The Hall–Kier alpha value is -1.41. The van der Waals surface area contributed by atoms with Gasteiger partial charge in [0.1, 0.15) is 0 Å². The second-order valence-corrected chi connectivity index (χ2v) is 4.50. The Morgan fingerprint density at radius 1 is 1.13 bits per heavy atom. The first-order valence-corrected chi connectivity index (χ1v) is 5.72. The van der Waals surface area contributed by atoms with E-state index in [1.807, 2.05) is 49.6 Å². The second-order valence-electron chi connectivity index (χ2n) is 3.55. The zero-order valence-corrected chi connectivity index (χ0v) is 9.60. The molecule has 0 bridgehead atoms. The van der Waals surface area contributed by atoms with Gasteiger partial charge in [0, 0.05) is 5.56 Å². The van der Waals surface area contributed by atoms with Crippen LogP contribution in [0.1, 0.15) is 26.4 Å². The van der Waals surface area contributed by atoms with Gasteiger partial charge in [-0.25, -0.2) is 0 Å². The Labute approximate surface area is 93.4 Å². The third kappa shape index (κ3) is 1.85. The van der Waals surface area contributed by atoms with E-state index in [1.54, 1.807) is 0 Å². The molecule has 2 heteroatoms. The van der Waals surface area contributed by atoms with Gasteiger partial charge >= 0.3 is 0 Å². The second kappa shape index (κ2) is 3.99. The van der Waals surface area contributed by atoms with Crippen molar-refractivity contribution in [1.29, 1.82) is 0 Å². The summed E-state index contributed by atoms with van der Waals surface area (Å²) in [4.78, 5) is 12.9. The number of carbonyl (C=O) groups excluding carboxylic acids is 1.